The van der Waals surface area contributed by atoms with Crippen LogP contribution in [0.5, 0.6) is 0 Å². The molecule has 3 atom stereocenters. The maximum absolute atomic E-state index is 13.9. The summed E-state index contributed by atoms with van der Waals surface area (Å²) in [6, 6.07) is 3.78. The normalized spacial score (nSPS) is 35.3. The molecule has 7 rings (SSSR count). The number of carbonyl (C=O) groups is 2. The Morgan fingerprint density at radius 2 is 1.90 bits per heavy atom. The highest BCUT2D eigenvalue weighted by Gasteiger charge is 2.57. The molecule has 6 aliphatic rings. The van der Waals surface area contributed by atoms with Gasteiger partial charge in [0.05, 0.1) is 24.7 Å². The van der Waals surface area contributed by atoms with Crippen LogP contribution in [0.4, 0.5) is 8.78 Å². The molecule has 0 spiro atoms. The largest absolute Gasteiger partial charge is 0.469 e. The van der Waals surface area contributed by atoms with E-state index in [1.807, 2.05) is 12.1 Å². The molecule has 2 unspecified atom stereocenters. The lowest BCUT2D eigenvalue weighted by atomic mass is 9.52. The van der Waals surface area contributed by atoms with Crippen LogP contribution in [-0.2, 0) is 19.7 Å². The average molecular weight is 578 g/mol. The van der Waals surface area contributed by atoms with Gasteiger partial charge in [-0.3, -0.25) is 9.59 Å². The zero-order chi connectivity index (χ0) is 27.9. The smallest absolute Gasteiger partial charge is 0.345 e. The first-order chi connectivity index (χ1) is 19.3. The fourth-order valence-corrected chi connectivity index (χ4v) is 10.0. The van der Waals surface area contributed by atoms with Gasteiger partial charge >= 0.3 is 12.6 Å². The predicted molar refractivity (Wildman–Crippen MR) is 147 cm³/mol. The number of rotatable bonds is 9. The first kappa shape index (κ1) is 28.3. The molecule has 10 heteroatoms. The molecule has 4 bridgehead atoms. The van der Waals surface area contributed by atoms with Crippen LogP contribution >= 0.6 is 11.8 Å². The van der Waals surface area contributed by atoms with Crippen molar-refractivity contribution < 1.29 is 27.8 Å². The van der Waals surface area contributed by atoms with Crippen LogP contribution in [0.15, 0.2) is 17.2 Å². The van der Waals surface area contributed by atoms with E-state index in [2.05, 4.69) is 10.6 Å². The number of ether oxygens (including phenoxy) is 2. The Morgan fingerprint density at radius 3 is 2.55 bits per heavy atom. The number of hydrogen-bond acceptors (Lipinski definition) is 7. The molecule has 7 nitrogen and oxygen atoms in total. The maximum atomic E-state index is 13.9. The summed E-state index contributed by atoms with van der Waals surface area (Å²) in [5, 5.41) is 7.94. The van der Waals surface area contributed by atoms with E-state index in [4.69, 9.17) is 14.5 Å². The van der Waals surface area contributed by atoms with E-state index < -0.39 is 17.6 Å². The lowest BCUT2D eigenvalue weighted by Gasteiger charge is -2.59. The Balaban J connectivity index is 1.26. The minimum absolute atomic E-state index is 0.0318. The summed E-state index contributed by atoms with van der Waals surface area (Å²) in [5.74, 6) is 0.318. The number of nitrogens with zero attached hydrogens (tertiary/aromatic N) is 1. The van der Waals surface area contributed by atoms with Crippen LogP contribution in [0, 0.1) is 17.8 Å². The molecule has 5 aliphatic carbocycles. The third kappa shape index (κ3) is 5.64. The van der Waals surface area contributed by atoms with Gasteiger partial charge in [-0.15, -0.1) is 11.8 Å². The third-order valence-corrected chi connectivity index (χ3v) is 11.6. The summed E-state index contributed by atoms with van der Waals surface area (Å²) in [4.78, 5) is 31.4. The number of nitrogens with one attached hydrogen (secondary N) is 2. The number of thioether (sulfide) groups is 1. The molecule has 5 saturated carbocycles. The summed E-state index contributed by atoms with van der Waals surface area (Å²) in [6.07, 6.45) is 10.4. The Morgan fingerprint density at radius 1 is 1.15 bits per heavy atom. The Hall–Kier alpha value is -1.78. The van der Waals surface area contributed by atoms with Gasteiger partial charge in [-0.2, -0.15) is 8.78 Å². The summed E-state index contributed by atoms with van der Waals surface area (Å²) >= 11 is 1.69. The number of amides is 1. The number of methoxy groups -OCH3 is 1. The average Bonchev–Trinajstić information content (AvgIpc) is 3.43. The van der Waals surface area contributed by atoms with Gasteiger partial charge in [-0.25, -0.2) is 4.98 Å². The number of hydrogen-bond donors (Lipinski definition) is 2. The lowest BCUT2D eigenvalue weighted by Crippen LogP contribution is -2.62. The second-order valence-corrected chi connectivity index (χ2v) is 14.2. The standard InChI is InChI=1S/C30H41F2N3O4S/c1-38-24(36)16-29(9-4-10-33-17-29)23-8-7-22(27(34-23)40-21-5-2-3-6-21)26(37)35-25-19-11-18-12-20(25)15-30(13-18,14-19)39-28(31)32/h7-8,18-21,25,28,33H,2-6,9-17H2,1H3,(H,35,37)/t18?,19?,20?,25-,29-,30+/m0/s1. The minimum Gasteiger partial charge on any atom is -0.469 e. The zero-order valence-corrected chi connectivity index (χ0v) is 24.1. The highest BCUT2D eigenvalue weighted by Crippen LogP contribution is 2.57. The van der Waals surface area contributed by atoms with Crippen molar-refractivity contribution in [1.29, 1.82) is 0 Å². The van der Waals surface area contributed by atoms with Crippen molar-refractivity contribution in [3.8, 4) is 0 Å². The predicted octanol–water partition coefficient (Wildman–Crippen LogP) is 5.22. The Kier molecular flexibility index (Phi) is 8.13. The molecular weight excluding hydrogens is 536 g/mol. The molecule has 40 heavy (non-hydrogen) atoms. The zero-order valence-electron chi connectivity index (χ0n) is 23.3. The molecule has 1 aromatic rings. The molecule has 6 fully saturated rings. The van der Waals surface area contributed by atoms with Gasteiger partial charge in [0.15, 0.2) is 0 Å². The molecule has 1 amide bonds. The summed E-state index contributed by atoms with van der Waals surface area (Å²) in [6.45, 7) is -1.21. The van der Waals surface area contributed by atoms with Crippen LogP contribution in [0.3, 0.4) is 0 Å². The van der Waals surface area contributed by atoms with Gasteiger partial charge in [0.25, 0.3) is 5.91 Å². The highest BCUT2D eigenvalue weighted by molar-refractivity contribution is 7.99. The molecule has 1 aromatic heterocycles. The quantitative estimate of drug-likeness (QED) is 0.389. The molecule has 0 aromatic carbocycles. The van der Waals surface area contributed by atoms with E-state index in [9.17, 15) is 18.4 Å². The van der Waals surface area contributed by atoms with Gasteiger partial charge in [0.2, 0.25) is 0 Å². The van der Waals surface area contributed by atoms with E-state index in [1.165, 1.54) is 20.0 Å². The van der Waals surface area contributed by atoms with Crippen LogP contribution in [0.25, 0.3) is 0 Å². The van der Waals surface area contributed by atoms with E-state index in [1.54, 1.807) is 11.8 Å². The SMILES string of the molecule is COC(=O)C[C@@]1(c2ccc(C(=O)N[C@H]3C4CC5CC3C[C@@](OC(F)F)(C5)C4)c(SC3CCCC3)n2)CCCNC1. The molecular formula is C30H41F2N3O4S. The fraction of sp³-hybridized carbons (Fsp3) is 0.767. The van der Waals surface area contributed by atoms with Crippen molar-refractivity contribution >= 4 is 23.6 Å². The second-order valence-electron chi connectivity index (χ2n) is 12.9. The summed E-state index contributed by atoms with van der Waals surface area (Å²) in [7, 11) is 1.42. The molecule has 1 aliphatic heterocycles. The number of piperidine rings is 1. The molecule has 2 N–H and O–H groups in total. The second kappa shape index (κ2) is 11.5. The van der Waals surface area contributed by atoms with E-state index in [-0.39, 0.29) is 36.2 Å². The number of pyridine rings is 1. The van der Waals surface area contributed by atoms with Crippen molar-refractivity contribution in [3.63, 3.8) is 0 Å². The van der Waals surface area contributed by atoms with Crippen LogP contribution in [0.1, 0.15) is 93.1 Å². The molecule has 2 heterocycles. The maximum Gasteiger partial charge on any atom is 0.345 e. The van der Waals surface area contributed by atoms with E-state index in [0.29, 0.717) is 42.5 Å². The number of alkyl halides is 2. The van der Waals surface area contributed by atoms with Crippen LogP contribution < -0.4 is 10.6 Å². The molecule has 220 valence electrons. The Bertz CT molecular complexity index is 1090. The topological polar surface area (TPSA) is 89.6 Å². The number of carbonyl (C=O) groups excluding carboxylic acids is 2. The van der Waals surface area contributed by atoms with Gasteiger partial charge < -0.3 is 20.1 Å². The number of halogens is 2. The van der Waals surface area contributed by atoms with Crippen molar-refractivity contribution in [1.82, 2.24) is 15.6 Å². The number of esters is 1. The lowest BCUT2D eigenvalue weighted by molar-refractivity contribution is -0.260. The van der Waals surface area contributed by atoms with Crippen molar-refractivity contribution in [2.75, 3.05) is 20.2 Å². The van der Waals surface area contributed by atoms with Crippen molar-refractivity contribution in [2.45, 2.75) is 111 Å². The minimum atomic E-state index is -2.76. The third-order valence-electron chi connectivity index (χ3n) is 10.3. The monoisotopic (exact) mass is 577 g/mol. The highest BCUT2D eigenvalue weighted by atomic mass is 32.2. The van der Waals surface area contributed by atoms with Gasteiger partial charge in [0.1, 0.15) is 5.03 Å². The van der Waals surface area contributed by atoms with E-state index >= 15 is 0 Å². The van der Waals surface area contributed by atoms with Crippen molar-refractivity contribution in [3.05, 3.63) is 23.4 Å². The Labute approximate surface area is 239 Å². The number of aromatic nitrogens is 1. The fourth-order valence-electron chi connectivity index (χ4n) is 8.69. The van der Waals surface area contributed by atoms with Crippen molar-refractivity contribution in [2.24, 2.45) is 17.8 Å². The van der Waals surface area contributed by atoms with Gasteiger partial charge in [0, 0.05) is 28.9 Å². The van der Waals surface area contributed by atoms with Gasteiger partial charge in [-0.1, -0.05) is 12.8 Å². The van der Waals surface area contributed by atoms with Crippen LogP contribution in [-0.4, -0.2) is 60.6 Å². The first-order valence-electron chi connectivity index (χ1n) is 15.0. The van der Waals surface area contributed by atoms with Crippen LogP contribution in [0.2, 0.25) is 0 Å². The first-order valence-corrected chi connectivity index (χ1v) is 15.9. The van der Waals surface area contributed by atoms with E-state index in [0.717, 1.165) is 55.8 Å². The van der Waals surface area contributed by atoms with Gasteiger partial charge in [-0.05, 0) is 94.2 Å². The molecule has 1 saturated heterocycles. The molecule has 0 radical (unpaired) electrons. The summed E-state index contributed by atoms with van der Waals surface area (Å²) in [5.41, 5.74) is 0.208. The summed E-state index contributed by atoms with van der Waals surface area (Å²) < 4.78 is 36.7.